The number of nitrogens with zero attached hydrogens (tertiary/aromatic N) is 4. The van der Waals surface area contributed by atoms with Gasteiger partial charge >= 0.3 is 0 Å². The smallest absolute Gasteiger partial charge is 0.246 e. The minimum atomic E-state index is -3.85. The number of pyridine rings is 1. The first-order valence-corrected chi connectivity index (χ1v) is 6.38. The van der Waals surface area contributed by atoms with Crippen molar-refractivity contribution in [2.24, 2.45) is 0 Å². The number of nitriles is 2. The van der Waals surface area contributed by atoms with Gasteiger partial charge in [0.05, 0.1) is 12.1 Å². The third kappa shape index (κ3) is 2.94. The highest BCUT2D eigenvalue weighted by molar-refractivity contribution is 7.89. The molecule has 0 atom stereocenters. The van der Waals surface area contributed by atoms with Gasteiger partial charge in [-0.2, -0.15) is 14.8 Å². The molecule has 0 saturated heterocycles. The largest absolute Gasteiger partial charge is 0.373 e. The number of aromatic nitrogens is 1. The molecule has 18 heavy (non-hydrogen) atoms. The van der Waals surface area contributed by atoms with E-state index in [1.165, 1.54) is 18.3 Å². The Labute approximate surface area is 105 Å². The minimum absolute atomic E-state index is 0.0491. The Morgan fingerprint density at radius 2 is 1.94 bits per heavy atom. The third-order valence-electron chi connectivity index (χ3n) is 2.12. The van der Waals surface area contributed by atoms with Gasteiger partial charge in [-0.05, 0) is 12.1 Å². The lowest BCUT2D eigenvalue weighted by Crippen LogP contribution is -2.31. The zero-order valence-corrected chi connectivity index (χ0v) is 10.5. The van der Waals surface area contributed by atoms with Crippen LogP contribution in [0.1, 0.15) is 0 Å². The van der Waals surface area contributed by atoms with Gasteiger partial charge in [0.2, 0.25) is 10.0 Å². The highest BCUT2D eigenvalue weighted by atomic mass is 32.2. The maximum absolute atomic E-state index is 12.1. The molecule has 94 valence electrons. The van der Waals surface area contributed by atoms with E-state index in [1.807, 2.05) is 0 Å². The van der Waals surface area contributed by atoms with E-state index in [0.717, 1.165) is 4.31 Å². The van der Waals surface area contributed by atoms with Crippen LogP contribution in [-0.2, 0) is 10.0 Å². The summed E-state index contributed by atoms with van der Waals surface area (Å²) < 4.78 is 24.9. The molecular weight excluding hydrogens is 254 g/mol. The molecule has 8 heteroatoms. The lowest BCUT2D eigenvalue weighted by Gasteiger charge is -2.15. The molecule has 1 rings (SSSR count). The summed E-state index contributed by atoms with van der Waals surface area (Å²) in [5, 5.41) is 19.9. The predicted molar refractivity (Wildman–Crippen MR) is 63.8 cm³/mol. The van der Waals surface area contributed by atoms with E-state index in [4.69, 9.17) is 10.5 Å². The molecule has 7 nitrogen and oxygen atoms in total. The standard InChI is InChI=1S/C10H11N5O2S/c1-13-10-3-2-9(8-14-10)18(16,17)15(6-4-11)7-5-12/h2-3,8H,6-7H2,1H3,(H,13,14). The van der Waals surface area contributed by atoms with E-state index in [9.17, 15) is 8.42 Å². The molecule has 0 aliphatic rings. The van der Waals surface area contributed by atoms with Crippen molar-refractivity contribution in [1.29, 1.82) is 10.5 Å². The monoisotopic (exact) mass is 265 g/mol. The third-order valence-corrected chi connectivity index (χ3v) is 3.90. The van der Waals surface area contributed by atoms with Gasteiger partial charge in [0, 0.05) is 13.2 Å². The fourth-order valence-electron chi connectivity index (χ4n) is 1.21. The van der Waals surface area contributed by atoms with Crippen molar-refractivity contribution in [2.45, 2.75) is 4.90 Å². The van der Waals surface area contributed by atoms with Crippen molar-refractivity contribution in [1.82, 2.24) is 9.29 Å². The van der Waals surface area contributed by atoms with Gasteiger partial charge in [-0.15, -0.1) is 0 Å². The van der Waals surface area contributed by atoms with Crippen molar-refractivity contribution in [3.05, 3.63) is 18.3 Å². The Hall–Kier alpha value is -2.16. The second kappa shape index (κ2) is 5.96. The van der Waals surface area contributed by atoms with Crippen molar-refractivity contribution in [3.63, 3.8) is 0 Å². The van der Waals surface area contributed by atoms with E-state index in [2.05, 4.69) is 10.3 Å². The quantitative estimate of drug-likeness (QED) is 0.759. The van der Waals surface area contributed by atoms with E-state index >= 15 is 0 Å². The molecule has 1 aromatic rings. The van der Waals surface area contributed by atoms with Gasteiger partial charge in [0.15, 0.2) is 0 Å². The molecule has 0 amide bonds. The predicted octanol–water partition coefficient (Wildman–Crippen LogP) is 0.161. The number of nitrogens with one attached hydrogen (secondary N) is 1. The molecular formula is C10H11N5O2S. The summed E-state index contributed by atoms with van der Waals surface area (Å²) in [4.78, 5) is 3.83. The number of sulfonamides is 1. The van der Waals surface area contributed by atoms with Gasteiger partial charge in [-0.25, -0.2) is 13.4 Å². The van der Waals surface area contributed by atoms with Gasteiger partial charge in [0.25, 0.3) is 0 Å². The molecule has 1 heterocycles. The summed E-state index contributed by atoms with van der Waals surface area (Å²) in [6, 6.07) is 6.30. The summed E-state index contributed by atoms with van der Waals surface area (Å²) >= 11 is 0. The summed E-state index contributed by atoms with van der Waals surface area (Å²) in [7, 11) is -2.19. The summed E-state index contributed by atoms with van der Waals surface area (Å²) in [6.45, 7) is -0.743. The Balaban J connectivity index is 3.11. The normalized spacial score (nSPS) is 10.7. The first-order valence-electron chi connectivity index (χ1n) is 4.94. The molecule has 0 spiro atoms. The van der Waals surface area contributed by atoms with Crippen LogP contribution in [0.4, 0.5) is 5.82 Å². The zero-order chi connectivity index (χ0) is 13.6. The second-order valence-electron chi connectivity index (χ2n) is 3.22. The average Bonchev–Trinajstić information content (AvgIpc) is 2.38. The Bertz CT molecular complexity index is 566. The molecule has 0 bridgehead atoms. The van der Waals surface area contributed by atoms with E-state index in [0.29, 0.717) is 5.82 Å². The van der Waals surface area contributed by atoms with Gasteiger partial charge in [-0.3, -0.25) is 0 Å². The molecule has 0 aromatic carbocycles. The topological polar surface area (TPSA) is 110 Å². The van der Waals surface area contributed by atoms with Crippen LogP contribution in [0, 0.1) is 22.7 Å². The summed E-state index contributed by atoms with van der Waals surface area (Å²) in [5.41, 5.74) is 0. The van der Waals surface area contributed by atoms with Crippen molar-refractivity contribution < 1.29 is 8.42 Å². The Morgan fingerprint density at radius 1 is 1.33 bits per heavy atom. The number of anilines is 1. The highest BCUT2D eigenvalue weighted by Crippen LogP contribution is 2.15. The molecule has 0 aliphatic carbocycles. The fraction of sp³-hybridized carbons (Fsp3) is 0.300. The second-order valence-corrected chi connectivity index (χ2v) is 5.16. The number of hydrogen-bond donors (Lipinski definition) is 1. The molecule has 0 fully saturated rings. The van der Waals surface area contributed by atoms with Crippen LogP contribution in [0.15, 0.2) is 23.2 Å². The van der Waals surface area contributed by atoms with Crippen molar-refractivity contribution >= 4 is 15.8 Å². The lowest BCUT2D eigenvalue weighted by atomic mass is 10.5. The minimum Gasteiger partial charge on any atom is -0.373 e. The van der Waals surface area contributed by atoms with Crippen LogP contribution in [0.2, 0.25) is 0 Å². The van der Waals surface area contributed by atoms with Gasteiger partial charge in [-0.1, -0.05) is 0 Å². The first kappa shape index (κ1) is 13.9. The summed E-state index contributed by atoms with van der Waals surface area (Å²) in [6.07, 6.45) is 1.18. The van der Waals surface area contributed by atoms with Crippen LogP contribution >= 0.6 is 0 Å². The maximum atomic E-state index is 12.1. The van der Waals surface area contributed by atoms with Crippen LogP contribution in [-0.4, -0.2) is 37.8 Å². The van der Waals surface area contributed by atoms with Crippen molar-refractivity contribution in [3.8, 4) is 12.1 Å². The van der Waals surface area contributed by atoms with Crippen LogP contribution in [0.25, 0.3) is 0 Å². The van der Waals surface area contributed by atoms with Crippen molar-refractivity contribution in [2.75, 3.05) is 25.5 Å². The van der Waals surface area contributed by atoms with Gasteiger partial charge < -0.3 is 5.32 Å². The number of rotatable bonds is 5. The van der Waals surface area contributed by atoms with E-state index < -0.39 is 10.0 Å². The van der Waals surface area contributed by atoms with Crippen LogP contribution in [0.5, 0.6) is 0 Å². The van der Waals surface area contributed by atoms with E-state index in [1.54, 1.807) is 19.2 Å². The Kier molecular flexibility index (Phi) is 4.60. The summed E-state index contributed by atoms with van der Waals surface area (Å²) in [5.74, 6) is 0.529. The molecule has 1 aromatic heterocycles. The first-order chi connectivity index (χ1) is 8.56. The molecule has 1 N–H and O–H groups in total. The molecule has 0 saturated carbocycles. The average molecular weight is 265 g/mol. The van der Waals surface area contributed by atoms with Crippen LogP contribution < -0.4 is 5.32 Å². The number of hydrogen-bond acceptors (Lipinski definition) is 6. The van der Waals surface area contributed by atoms with Gasteiger partial charge in [0.1, 0.15) is 23.8 Å². The SMILES string of the molecule is CNc1ccc(S(=O)(=O)N(CC#N)CC#N)cn1. The maximum Gasteiger partial charge on any atom is 0.246 e. The molecule has 0 aliphatic heterocycles. The lowest BCUT2D eigenvalue weighted by molar-refractivity contribution is 0.479. The zero-order valence-electron chi connectivity index (χ0n) is 9.66. The molecule has 0 radical (unpaired) electrons. The van der Waals surface area contributed by atoms with Crippen LogP contribution in [0.3, 0.4) is 0 Å². The molecule has 0 unspecified atom stereocenters. The Morgan fingerprint density at radius 3 is 2.33 bits per heavy atom. The fourth-order valence-corrected chi connectivity index (χ4v) is 2.39. The van der Waals surface area contributed by atoms with E-state index in [-0.39, 0.29) is 18.0 Å². The highest BCUT2D eigenvalue weighted by Gasteiger charge is 2.24.